The number of halogens is 3. The highest BCUT2D eigenvalue weighted by Crippen LogP contribution is 2.32. The molecule has 0 aliphatic carbocycles. The maximum atomic E-state index is 13.0. The van der Waals surface area contributed by atoms with E-state index in [4.69, 9.17) is 4.74 Å². The minimum Gasteiger partial charge on any atom is -0.496 e. The topological polar surface area (TPSA) is 32.8 Å². The minimum absolute atomic E-state index is 0.124. The maximum absolute atomic E-state index is 13.0. The molecule has 2 aromatic carbocycles. The molecule has 1 aliphatic rings. The normalized spacial score (nSPS) is 15.5. The lowest BCUT2D eigenvalue weighted by Gasteiger charge is -2.34. The van der Waals surface area contributed by atoms with Gasteiger partial charge in [0, 0.05) is 26.2 Å². The van der Waals surface area contributed by atoms with Gasteiger partial charge in [-0.2, -0.15) is 13.2 Å². The molecule has 0 bridgehead atoms. The maximum Gasteiger partial charge on any atom is 0.416 e. The molecule has 1 heterocycles. The van der Waals surface area contributed by atoms with Crippen molar-refractivity contribution in [2.24, 2.45) is 0 Å². The number of carbonyl (C=O) groups excluding carboxylic acids is 1. The monoisotopic (exact) mass is 392 g/mol. The van der Waals surface area contributed by atoms with Gasteiger partial charge in [0.15, 0.2) is 0 Å². The molecule has 1 fully saturated rings. The van der Waals surface area contributed by atoms with Crippen LogP contribution in [0, 0.1) is 0 Å². The Kier molecular flexibility index (Phi) is 5.93. The Morgan fingerprint density at radius 1 is 1.00 bits per heavy atom. The van der Waals surface area contributed by atoms with E-state index in [-0.39, 0.29) is 5.91 Å². The van der Waals surface area contributed by atoms with Crippen molar-refractivity contribution < 1.29 is 22.7 Å². The number of benzene rings is 2. The highest BCUT2D eigenvalue weighted by Gasteiger charge is 2.30. The third-order valence-corrected chi connectivity index (χ3v) is 5.08. The van der Waals surface area contributed by atoms with E-state index in [9.17, 15) is 18.0 Å². The molecule has 0 atom stereocenters. The zero-order chi connectivity index (χ0) is 20.3. The number of piperazine rings is 1. The van der Waals surface area contributed by atoms with Crippen molar-refractivity contribution in [1.82, 2.24) is 9.80 Å². The Morgan fingerprint density at radius 2 is 1.61 bits per heavy atom. The number of rotatable bonds is 4. The molecular formula is C21H23F3N2O2. The number of hydrogen-bond donors (Lipinski definition) is 0. The number of methoxy groups -OCH3 is 1. The fraction of sp³-hybridized carbons (Fsp3) is 0.381. The summed E-state index contributed by atoms with van der Waals surface area (Å²) in [6, 6.07) is 10.0. The first-order valence-corrected chi connectivity index (χ1v) is 9.20. The second-order valence-corrected chi connectivity index (χ2v) is 6.72. The molecule has 1 aliphatic heterocycles. The molecule has 28 heavy (non-hydrogen) atoms. The molecule has 7 heteroatoms. The van der Waals surface area contributed by atoms with Crippen molar-refractivity contribution in [1.29, 1.82) is 0 Å². The van der Waals surface area contributed by atoms with Gasteiger partial charge in [-0.3, -0.25) is 4.79 Å². The van der Waals surface area contributed by atoms with E-state index in [1.54, 1.807) is 23.1 Å². The van der Waals surface area contributed by atoms with Gasteiger partial charge in [-0.15, -0.1) is 0 Å². The van der Waals surface area contributed by atoms with E-state index in [2.05, 4.69) is 11.8 Å². The molecule has 0 radical (unpaired) electrons. The van der Waals surface area contributed by atoms with Crippen molar-refractivity contribution in [3.05, 3.63) is 53.6 Å². The van der Waals surface area contributed by atoms with E-state index < -0.39 is 11.7 Å². The first-order valence-electron chi connectivity index (χ1n) is 9.20. The van der Waals surface area contributed by atoms with Crippen LogP contribution in [0.2, 0.25) is 0 Å². The molecule has 0 N–H and O–H groups in total. The number of alkyl halides is 3. The van der Waals surface area contributed by atoms with Gasteiger partial charge in [-0.05, 0) is 41.9 Å². The van der Waals surface area contributed by atoms with Crippen LogP contribution in [0.1, 0.15) is 22.8 Å². The number of nitrogens with zero attached hydrogens (tertiary/aromatic N) is 2. The summed E-state index contributed by atoms with van der Waals surface area (Å²) in [6.07, 6.45) is -4.37. The van der Waals surface area contributed by atoms with Crippen molar-refractivity contribution in [3.8, 4) is 16.9 Å². The van der Waals surface area contributed by atoms with E-state index in [1.165, 1.54) is 19.2 Å². The van der Waals surface area contributed by atoms with Crippen LogP contribution in [0.15, 0.2) is 42.5 Å². The van der Waals surface area contributed by atoms with Gasteiger partial charge in [0.05, 0.1) is 18.2 Å². The Bertz CT molecular complexity index is 827. The molecule has 1 amide bonds. The molecule has 3 rings (SSSR count). The van der Waals surface area contributed by atoms with Gasteiger partial charge in [0.1, 0.15) is 5.75 Å². The lowest BCUT2D eigenvalue weighted by Crippen LogP contribution is -2.48. The fourth-order valence-corrected chi connectivity index (χ4v) is 3.34. The van der Waals surface area contributed by atoms with Crippen LogP contribution in [-0.2, 0) is 6.18 Å². The quantitative estimate of drug-likeness (QED) is 0.783. The average Bonchev–Trinajstić information content (AvgIpc) is 2.72. The zero-order valence-electron chi connectivity index (χ0n) is 15.9. The Labute approximate surface area is 162 Å². The summed E-state index contributed by atoms with van der Waals surface area (Å²) in [5.41, 5.74) is 1.00. The minimum atomic E-state index is -4.37. The molecule has 0 spiro atoms. The zero-order valence-corrected chi connectivity index (χ0v) is 15.9. The van der Waals surface area contributed by atoms with E-state index in [0.717, 1.165) is 31.8 Å². The second-order valence-electron chi connectivity index (χ2n) is 6.72. The van der Waals surface area contributed by atoms with Crippen LogP contribution in [0.3, 0.4) is 0 Å². The van der Waals surface area contributed by atoms with Gasteiger partial charge in [-0.1, -0.05) is 25.1 Å². The fourth-order valence-electron chi connectivity index (χ4n) is 3.34. The highest BCUT2D eigenvalue weighted by molar-refractivity contribution is 5.98. The molecule has 1 saturated heterocycles. The van der Waals surface area contributed by atoms with E-state index in [0.29, 0.717) is 35.5 Å². The molecule has 0 aromatic heterocycles. The van der Waals surface area contributed by atoms with Gasteiger partial charge in [0.25, 0.3) is 5.91 Å². The van der Waals surface area contributed by atoms with Crippen molar-refractivity contribution in [3.63, 3.8) is 0 Å². The van der Waals surface area contributed by atoms with Crippen LogP contribution < -0.4 is 4.74 Å². The van der Waals surface area contributed by atoms with Crippen LogP contribution in [0.25, 0.3) is 11.1 Å². The third-order valence-electron chi connectivity index (χ3n) is 5.08. The van der Waals surface area contributed by atoms with Gasteiger partial charge in [0.2, 0.25) is 0 Å². The second kappa shape index (κ2) is 8.22. The number of likely N-dealkylation sites (N-methyl/N-ethyl adjacent to an activating group) is 1. The summed E-state index contributed by atoms with van der Waals surface area (Å²) in [4.78, 5) is 17.1. The summed E-state index contributed by atoms with van der Waals surface area (Å²) in [7, 11) is 1.50. The van der Waals surface area contributed by atoms with Crippen molar-refractivity contribution >= 4 is 5.91 Å². The Morgan fingerprint density at radius 3 is 2.14 bits per heavy atom. The highest BCUT2D eigenvalue weighted by atomic mass is 19.4. The van der Waals surface area contributed by atoms with E-state index in [1.807, 2.05) is 0 Å². The SMILES string of the molecule is CCN1CCN(C(=O)c2cc(-c3ccc(C(F)(F)F)cc3)ccc2OC)CC1. The summed E-state index contributed by atoms with van der Waals surface area (Å²) in [5, 5.41) is 0. The van der Waals surface area contributed by atoms with Crippen LogP contribution in [0.5, 0.6) is 5.75 Å². The molecule has 4 nitrogen and oxygen atoms in total. The lowest BCUT2D eigenvalue weighted by molar-refractivity contribution is -0.137. The Hall–Kier alpha value is -2.54. The van der Waals surface area contributed by atoms with Crippen molar-refractivity contribution in [2.45, 2.75) is 13.1 Å². The van der Waals surface area contributed by atoms with Gasteiger partial charge in [-0.25, -0.2) is 0 Å². The van der Waals surface area contributed by atoms with Crippen LogP contribution >= 0.6 is 0 Å². The molecule has 0 saturated carbocycles. The third kappa shape index (κ3) is 4.30. The number of ether oxygens (including phenoxy) is 1. The predicted molar refractivity (Wildman–Crippen MR) is 101 cm³/mol. The molecular weight excluding hydrogens is 369 g/mol. The number of hydrogen-bond acceptors (Lipinski definition) is 3. The first kappa shape index (κ1) is 20.2. The molecule has 150 valence electrons. The van der Waals surface area contributed by atoms with Gasteiger partial charge < -0.3 is 14.5 Å². The van der Waals surface area contributed by atoms with Gasteiger partial charge >= 0.3 is 6.18 Å². The summed E-state index contributed by atoms with van der Waals surface area (Å²) < 4.78 is 43.7. The van der Waals surface area contributed by atoms with Crippen molar-refractivity contribution in [2.75, 3.05) is 39.8 Å². The standard InChI is InChI=1S/C21H23F3N2O2/c1-3-25-10-12-26(13-11-25)20(27)18-14-16(6-9-19(18)28-2)15-4-7-17(8-5-15)21(22,23)24/h4-9,14H,3,10-13H2,1-2H3. The predicted octanol–water partition coefficient (Wildman–Crippen LogP) is 4.16. The summed E-state index contributed by atoms with van der Waals surface area (Å²) in [6.45, 7) is 5.97. The first-order chi connectivity index (χ1) is 13.3. The lowest BCUT2D eigenvalue weighted by atomic mass is 10.00. The number of amides is 1. The van der Waals surface area contributed by atoms with E-state index >= 15 is 0 Å². The number of carbonyl (C=O) groups is 1. The summed E-state index contributed by atoms with van der Waals surface area (Å²) >= 11 is 0. The molecule has 0 unspecified atom stereocenters. The van der Waals surface area contributed by atoms with Crippen LogP contribution in [0.4, 0.5) is 13.2 Å². The molecule has 2 aromatic rings. The summed E-state index contributed by atoms with van der Waals surface area (Å²) in [5.74, 6) is 0.333. The Balaban J connectivity index is 1.87. The largest absolute Gasteiger partial charge is 0.496 e. The van der Waals surface area contributed by atoms with Crippen LogP contribution in [-0.4, -0.2) is 55.5 Å². The average molecular weight is 392 g/mol. The smallest absolute Gasteiger partial charge is 0.416 e.